The Bertz CT molecular complexity index is 529. The van der Waals surface area contributed by atoms with Crippen molar-refractivity contribution in [2.24, 2.45) is 5.84 Å². The van der Waals surface area contributed by atoms with E-state index in [-0.39, 0.29) is 0 Å². The minimum Gasteiger partial charge on any atom is -0.437 e. The zero-order chi connectivity index (χ0) is 12.3. The van der Waals surface area contributed by atoms with Gasteiger partial charge < -0.3 is 10.2 Å². The number of nitrogens with zero attached hydrogens (tertiary/aromatic N) is 3. The molecule has 0 spiro atoms. The van der Waals surface area contributed by atoms with Gasteiger partial charge in [0.1, 0.15) is 11.6 Å². The molecule has 17 heavy (non-hydrogen) atoms. The zero-order valence-corrected chi connectivity index (χ0v) is 9.64. The van der Waals surface area contributed by atoms with Crippen LogP contribution in [0, 0.1) is 13.8 Å². The molecule has 2 aromatic rings. The summed E-state index contributed by atoms with van der Waals surface area (Å²) in [7, 11) is 0. The van der Waals surface area contributed by atoms with Gasteiger partial charge in [-0.2, -0.15) is 4.98 Å². The molecule has 0 saturated heterocycles. The Kier molecular flexibility index (Phi) is 3.15. The van der Waals surface area contributed by atoms with Crippen LogP contribution in [0.3, 0.4) is 0 Å². The zero-order valence-electron chi connectivity index (χ0n) is 9.64. The molecule has 0 saturated carbocycles. The topological polar surface area (TPSA) is 86.0 Å². The summed E-state index contributed by atoms with van der Waals surface area (Å²) in [5, 5.41) is 0. The summed E-state index contributed by atoms with van der Waals surface area (Å²) < 4.78 is 5.62. The predicted octanol–water partition coefficient (Wildman–Crippen LogP) is 1.57. The molecule has 0 fully saturated rings. The monoisotopic (exact) mass is 231 g/mol. The quantitative estimate of drug-likeness (QED) is 0.616. The van der Waals surface area contributed by atoms with E-state index in [1.165, 1.54) is 0 Å². The molecule has 0 aromatic carbocycles. The molecule has 0 aliphatic heterocycles. The van der Waals surface area contributed by atoms with Crippen molar-refractivity contribution < 1.29 is 4.74 Å². The van der Waals surface area contributed by atoms with Gasteiger partial charge in [0.15, 0.2) is 5.75 Å². The van der Waals surface area contributed by atoms with Gasteiger partial charge in [-0.15, -0.1) is 0 Å². The van der Waals surface area contributed by atoms with Crippen LogP contribution in [0.4, 0.5) is 5.82 Å². The highest BCUT2D eigenvalue weighted by molar-refractivity contribution is 5.39. The lowest BCUT2D eigenvalue weighted by Crippen LogP contribution is -2.10. The fourth-order valence-corrected chi connectivity index (χ4v) is 1.36. The number of nitrogens with two attached hydrogens (primary N) is 1. The molecular weight excluding hydrogens is 218 g/mol. The first-order valence-corrected chi connectivity index (χ1v) is 5.11. The Morgan fingerprint density at radius 2 is 2.12 bits per heavy atom. The SMILES string of the molecule is Cc1nc(NN)cc(Oc2cccnc2C)n1. The van der Waals surface area contributed by atoms with Crippen LogP contribution in [-0.4, -0.2) is 15.0 Å². The first-order valence-electron chi connectivity index (χ1n) is 5.11. The van der Waals surface area contributed by atoms with Crippen molar-refractivity contribution in [3.63, 3.8) is 0 Å². The number of ether oxygens (including phenoxy) is 1. The first-order chi connectivity index (χ1) is 8.19. The molecule has 6 nitrogen and oxygen atoms in total. The summed E-state index contributed by atoms with van der Waals surface area (Å²) in [5.41, 5.74) is 3.26. The molecule has 2 heterocycles. The minimum atomic E-state index is 0.432. The van der Waals surface area contributed by atoms with Crippen LogP contribution in [0.15, 0.2) is 24.4 Å². The fourth-order valence-electron chi connectivity index (χ4n) is 1.36. The lowest BCUT2D eigenvalue weighted by atomic mass is 10.3. The summed E-state index contributed by atoms with van der Waals surface area (Å²) >= 11 is 0. The lowest BCUT2D eigenvalue weighted by Gasteiger charge is -2.08. The highest BCUT2D eigenvalue weighted by Gasteiger charge is 2.05. The molecule has 88 valence electrons. The normalized spacial score (nSPS) is 10.1. The van der Waals surface area contributed by atoms with Gasteiger partial charge in [-0.1, -0.05) is 0 Å². The summed E-state index contributed by atoms with van der Waals surface area (Å²) in [6.45, 7) is 3.63. The highest BCUT2D eigenvalue weighted by atomic mass is 16.5. The smallest absolute Gasteiger partial charge is 0.224 e. The molecule has 0 bridgehead atoms. The molecule has 6 heteroatoms. The molecule has 0 aliphatic rings. The largest absolute Gasteiger partial charge is 0.437 e. The molecular formula is C11H13N5O. The number of aromatic nitrogens is 3. The highest BCUT2D eigenvalue weighted by Crippen LogP contribution is 2.22. The predicted molar refractivity (Wildman–Crippen MR) is 63.6 cm³/mol. The van der Waals surface area contributed by atoms with E-state index in [4.69, 9.17) is 10.6 Å². The van der Waals surface area contributed by atoms with E-state index in [0.29, 0.717) is 23.3 Å². The third-order valence-corrected chi connectivity index (χ3v) is 2.14. The average molecular weight is 231 g/mol. The molecule has 0 unspecified atom stereocenters. The van der Waals surface area contributed by atoms with Gasteiger partial charge in [0.2, 0.25) is 5.88 Å². The molecule has 0 atom stereocenters. The number of hydrazine groups is 1. The second-order valence-electron chi connectivity index (χ2n) is 3.47. The van der Waals surface area contributed by atoms with Crippen LogP contribution in [0.5, 0.6) is 11.6 Å². The third kappa shape index (κ3) is 2.67. The van der Waals surface area contributed by atoms with Crippen molar-refractivity contribution in [2.75, 3.05) is 5.43 Å². The van der Waals surface area contributed by atoms with Crippen molar-refractivity contribution in [1.29, 1.82) is 0 Å². The minimum absolute atomic E-state index is 0.432. The van der Waals surface area contributed by atoms with Crippen LogP contribution >= 0.6 is 0 Å². The summed E-state index contributed by atoms with van der Waals surface area (Å²) in [6, 6.07) is 5.26. The van der Waals surface area contributed by atoms with E-state index >= 15 is 0 Å². The van der Waals surface area contributed by atoms with E-state index in [1.807, 2.05) is 13.0 Å². The van der Waals surface area contributed by atoms with Crippen molar-refractivity contribution in [3.8, 4) is 11.6 Å². The summed E-state index contributed by atoms with van der Waals surface area (Å²) in [4.78, 5) is 12.4. The standard InChI is InChI=1S/C11H13N5O/c1-7-9(4-3-5-13-7)17-11-6-10(16-12)14-8(2)15-11/h3-6H,12H2,1-2H3,(H,14,15,16). The number of nitrogens with one attached hydrogen (secondary N) is 1. The molecule has 0 amide bonds. The molecule has 2 aromatic heterocycles. The van der Waals surface area contributed by atoms with Crippen LogP contribution in [0.2, 0.25) is 0 Å². The average Bonchev–Trinajstić information content (AvgIpc) is 2.31. The number of rotatable bonds is 3. The van der Waals surface area contributed by atoms with E-state index in [9.17, 15) is 0 Å². The number of anilines is 1. The van der Waals surface area contributed by atoms with Gasteiger partial charge in [-0.25, -0.2) is 10.8 Å². The molecule has 0 radical (unpaired) electrons. The van der Waals surface area contributed by atoms with Gasteiger partial charge >= 0.3 is 0 Å². The van der Waals surface area contributed by atoms with Gasteiger partial charge in [0.05, 0.1) is 5.69 Å². The Hall–Kier alpha value is -2.21. The van der Waals surface area contributed by atoms with Crippen molar-refractivity contribution in [1.82, 2.24) is 15.0 Å². The van der Waals surface area contributed by atoms with E-state index in [0.717, 1.165) is 5.69 Å². The second-order valence-corrected chi connectivity index (χ2v) is 3.47. The lowest BCUT2D eigenvalue weighted by molar-refractivity contribution is 0.454. The third-order valence-electron chi connectivity index (χ3n) is 2.14. The molecule has 3 N–H and O–H groups in total. The Morgan fingerprint density at radius 1 is 1.29 bits per heavy atom. The Labute approximate surface area is 98.9 Å². The number of hydrogen-bond donors (Lipinski definition) is 2. The Balaban J connectivity index is 2.30. The maximum Gasteiger partial charge on any atom is 0.224 e. The van der Waals surface area contributed by atoms with Gasteiger partial charge in [0, 0.05) is 12.3 Å². The van der Waals surface area contributed by atoms with Crippen molar-refractivity contribution in [3.05, 3.63) is 35.9 Å². The summed E-state index contributed by atoms with van der Waals surface area (Å²) in [5.74, 6) is 7.48. The first kappa shape index (κ1) is 11.3. The van der Waals surface area contributed by atoms with Crippen molar-refractivity contribution in [2.45, 2.75) is 13.8 Å². The van der Waals surface area contributed by atoms with Gasteiger partial charge in [0.25, 0.3) is 0 Å². The maximum absolute atomic E-state index is 5.62. The fraction of sp³-hybridized carbons (Fsp3) is 0.182. The van der Waals surface area contributed by atoms with Crippen molar-refractivity contribution >= 4 is 5.82 Å². The van der Waals surface area contributed by atoms with Crippen LogP contribution in [0.1, 0.15) is 11.5 Å². The number of hydrogen-bond acceptors (Lipinski definition) is 6. The van der Waals surface area contributed by atoms with E-state index < -0.39 is 0 Å². The second kappa shape index (κ2) is 4.75. The summed E-state index contributed by atoms with van der Waals surface area (Å²) in [6.07, 6.45) is 1.71. The Morgan fingerprint density at radius 3 is 2.82 bits per heavy atom. The van der Waals surface area contributed by atoms with Gasteiger partial charge in [-0.05, 0) is 26.0 Å². The van der Waals surface area contributed by atoms with Crippen LogP contribution in [-0.2, 0) is 0 Å². The number of aryl methyl sites for hydroxylation is 2. The van der Waals surface area contributed by atoms with E-state index in [1.54, 1.807) is 25.3 Å². The number of pyridine rings is 1. The molecule has 0 aliphatic carbocycles. The van der Waals surface area contributed by atoms with Crippen LogP contribution < -0.4 is 16.0 Å². The van der Waals surface area contributed by atoms with Gasteiger partial charge in [-0.3, -0.25) is 4.98 Å². The maximum atomic E-state index is 5.62. The molecule has 2 rings (SSSR count). The van der Waals surface area contributed by atoms with Crippen LogP contribution in [0.25, 0.3) is 0 Å². The number of nitrogen functional groups attached to an aromatic ring is 1. The van der Waals surface area contributed by atoms with E-state index in [2.05, 4.69) is 20.4 Å².